The van der Waals surface area contributed by atoms with E-state index in [0.29, 0.717) is 12.0 Å². The maximum Gasteiger partial charge on any atom is 0.256 e. The molecule has 0 bridgehead atoms. The SMILES string of the molecule is Cc1nscc1C(=O)N(C)C1CCC(CO)CC1. The highest BCUT2D eigenvalue weighted by atomic mass is 32.1. The Kier molecular flexibility index (Phi) is 4.35. The Balaban J connectivity index is 1.98. The average molecular weight is 268 g/mol. The zero-order valence-electron chi connectivity index (χ0n) is 10.9. The number of carbonyl (C=O) groups is 1. The predicted molar refractivity (Wildman–Crippen MR) is 71.8 cm³/mol. The molecule has 1 N–H and O–H groups in total. The molecule has 0 aliphatic heterocycles. The first-order chi connectivity index (χ1) is 8.63. The number of aryl methyl sites for hydroxylation is 1. The van der Waals surface area contributed by atoms with Crippen LogP contribution in [0.4, 0.5) is 0 Å². The third kappa shape index (κ3) is 2.72. The molecule has 18 heavy (non-hydrogen) atoms. The molecule has 1 fully saturated rings. The molecule has 0 atom stereocenters. The minimum atomic E-state index is 0.0775. The van der Waals surface area contributed by atoms with Crippen LogP contribution in [0.25, 0.3) is 0 Å². The van der Waals surface area contributed by atoms with E-state index in [-0.39, 0.29) is 12.5 Å². The van der Waals surface area contributed by atoms with Crippen molar-refractivity contribution in [1.29, 1.82) is 0 Å². The summed E-state index contributed by atoms with van der Waals surface area (Å²) in [7, 11) is 1.88. The Morgan fingerprint density at radius 3 is 2.67 bits per heavy atom. The maximum atomic E-state index is 12.3. The molecule has 1 saturated carbocycles. The Bertz CT molecular complexity index is 411. The fraction of sp³-hybridized carbons (Fsp3) is 0.692. The number of carbonyl (C=O) groups excluding carboxylic acids is 1. The molecular formula is C13H20N2O2S. The van der Waals surface area contributed by atoms with Crippen molar-refractivity contribution >= 4 is 17.4 Å². The Morgan fingerprint density at radius 1 is 1.50 bits per heavy atom. The van der Waals surface area contributed by atoms with E-state index in [1.807, 2.05) is 24.3 Å². The lowest BCUT2D eigenvalue weighted by atomic mass is 9.86. The third-order valence-electron chi connectivity index (χ3n) is 3.92. The van der Waals surface area contributed by atoms with E-state index in [0.717, 1.165) is 36.9 Å². The first kappa shape index (κ1) is 13.5. The van der Waals surface area contributed by atoms with Crippen molar-refractivity contribution in [1.82, 2.24) is 9.27 Å². The number of hydrogen-bond acceptors (Lipinski definition) is 4. The summed E-state index contributed by atoms with van der Waals surface area (Å²) >= 11 is 1.33. The van der Waals surface area contributed by atoms with Crippen molar-refractivity contribution in [2.24, 2.45) is 5.92 Å². The van der Waals surface area contributed by atoms with Gasteiger partial charge in [-0.25, -0.2) is 0 Å². The molecule has 1 aromatic heterocycles. The van der Waals surface area contributed by atoms with Gasteiger partial charge in [0.2, 0.25) is 0 Å². The summed E-state index contributed by atoms with van der Waals surface area (Å²) < 4.78 is 4.15. The zero-order valence-corrected chi connectivity index (χ0v) is 11.7. The molecule has 100 valence electrons. The summed E-state index contributed by atoms with van der Waals surface area (Å²) in [6.07, 6.45) is 4.01. The summed E-state index contributed by atoms with van der Waals surface area (Å²) in [5, 5.41) is 11.0. The molecule has 4 nitrogen and oxygen atoms in total. The standard InChI is InChI=1S/C13H20N2O2S/c1-9-12(8-18-14-9)13(17)15(2)11-5-3-10(7-16)4-6-11/h8,10-11,16H,3-7H2,1-2H3. The van der Waals surface area contributed by atoms with E-state index < -0.39 is 0 Å². The highest BCUT2D eigenvalue weighted by molar-refractivity contribution is 7.03. The molecule has 1 aliphatic carbocycles. The van der Waals surface area contributed by atoms with Gasteiger partial charge in [0.25, 0.3) is 5.91 Å². The van der Waals surface area contributed by atoms with Crippen LogP contribution in [-0.4, -0.2) is 40.0 Å². The van der Waals surface area contributed by atoms with Gasteiger partial charge in [0, 0.05) is 25.1 Å². The van der Waals surface area contributed by atoms with E-state index in [4.69, 9.17) is 5.11 Å². The van der Waals surface area contributed by atoms with Gasteiger partial charge in [-0.1, -0.05) is 0 Å². The van der Waals surface area contributed by atoms with Crippen LogP contribution in [0.1, 0.15) is 41.7 Å². The predicted octanol–water partition coefficient (Wildman–Crippen LogP) is 2.07. The van der Waals surface area contributed by atoms with E-state index in [2.05, 4.69) is 4.37 Å². The second-order valence-electron chi connectivity index (χ2n) is 5.09. The van der Waals surface area contributed by atoms with Crippen molar-refractivity contribution in [3.63, 3.8) is 0 Å². The molecule has 0 aromatic carbocycles. The third-order valence-corrected chi connectivity index (χ3v) is 4.64. The Labute approximate surface area is 112 Å². The van der Waals surface area contributed by atoms with Gasteiger partial charge in [0.1, 0.15) is 0 Å². The minimum Gasteiger partial charge on any atom is -0.396 e. The molecule has 5 heteroatoms. The van der Waals surface area contributed by atoms with Gasteiger partial charge in [-0.3, -0.25) is 4.79 Å². The summed E-state index contributed by atoms with van der Waals surface area (Å²) in [5.41, 5.74) is 1.55. The number of aromatic nitrogens is 1. The topological polar surface area (TPSA) is 53.4 Å². The van der Waals surface area contributed by atoms with Gasteiger partial charge < -0.3 is 10.0 Å². The maximum absolute atomic E-state index is 12.3. The van der Waals surface area contributed by atoms with E-state index in [9.17, 15) is 4.79 Å². The molecule has 0 spiro atoms. The zero-order chi connectivity index (χ0) is 13.1. The first-order valence-corrected chi connectivity index (χ1v) is 7.26. The number of hydrogen-bond donors (Lipinski definition) is 1. The normalized spacial score (nSPS) is 23.9. The second kappa shape index (κ2) is 5.80. The number of amides is 1. The molecule has 1 amide bonds. The average Bonchev–Trinajstić information content (AvgIpc) is 2.83. The fourth-order valence-corrected chi connectivity index (χ4v) is 3.25. The van der Waals surface area contributed by atoms with Crippen molar-refractivity contribution in [3.05, 3.63) is 16.6 Å². The molecule has 1 heterocycles. The van der Waals surface area contributed by atoms with Crippen LogP contribution in [0.15, 0.2) is 5.38 Å². The van der Waals surface area contributed by atoms with Crippen LogP contribution in [0.3, 0.4) is 0 Å². The highest BCUT2D eigenvalue weighted by Crippen LogP contribution is 2.27. The van der Waals surface area contributed by atoms with Crippen LogP contribution in [-0.2, 0) is 0 Å². The van der Waals surface area contributed by atoms with Gasteiger partial charge >= 0.3 is 0 Å². The van der Waals surface area contributed by atoms with Gasteiger partial charge in [0.15, 0.2) is 0 Å². The smallest absolute Gasteiger partial charge is 0.256 e. The lowest BCUT2D eigenvalue weighted by molar-refractivity contribution is 0.0652. The summed E-state index contributed by atoms with van der Waals surface area (Å²) in [6.45, 7) is 2.15. The highest BCUT2D eigenvalue weighted by Gasteiger charge is 2.27. The van der Waals surface area contributed by atoms with E-state index >= 15 is 0 Å². The van der Waals surface area contributed by atoms with E-state index in [1.54, 1.807) is 0 Å². The largest absolute Gasteiger partial charge is 0.396 e. The lowest BCUT2D eigenvalue weighted by Gasteiger charge is -2.34. The lowest BCUT2D eigenvalue weighted by Crippen LogP contribution is -2.40. The number of nitrogens with zero attached hydrogens (tertiary/aromatic N) is 2. The molecule has 1 aliphatic rings. The van der Waals surface area contributed by atoms with Crippen molar-refractivity contribution in [3.8, 4) is 0 Å². The minimum absolute atomic E-state index is 0.0775. The van der Waals surface area contributed by atoms with Crippen molar-refractivity contribution in [2.45, 2.75) is 38.6 Å². The molecule has 0 unspecified atom stereocenters. The molecule has 0 saturated heterocycles. The fourth-order valence-electron chi connectivity index (χ4n) is 2.57. The summed E-state index contributed by atoms with van der Waals surface area (Å²) in [6, 6.07) is 0.305. The van der Waals surface area contributed by atoms with Crippen LogP contribution >= 0.6 is 11.5 Å². The van der Waals surface area contributed by atoms with Gasteiger partial charge in [-0.05, 0) is 50.1 Å². The number of aliphatic hydroxyl groups excluding tert-OH is 1. The molecule has 2 rings (SSSR count). The first-order valence-electron chi connectivity index (χ1n) is 6.42. The van der Waals surface area contributed by atoms with Crippen LogP contribution in [0.5, 0.6) is 0 Å². The molecule has 1 aromatic rings. The van der Waals surface area contributed by atoms with Gasteiger partial charge in [-0.15, -0.1) is 0 Å². The van der Waals surface area contributed by atoms with E-state index in [1.165, 1.54) is 11.5 Å². The summed E-state index contributed by atoms with van der Waals surface area (Å²) in [5.74, 6) is 0.503. The van der Waals surface area contributed by atoms with Crippen molar-refractivity contribution in [2.75, 3.05) is 13.7 Å². The molecular weight excluding hydrogens is 248 g/mol. The van der Waals surface area contributed by atoms with Crippen LogP contribution in [0, 0.1) is 12.8 Å². The Morgan fingerprint density at radius 2 is 2.17 bits per heavy atom. The monoisotopic (exact) mass is 268 g/mol. The second-order valence-corrected chi connectivity index (χ2v) is 5.72. The number of aliphatic hydroxyl groups is 1. The number of rotatable bonds is 3. The Hall–Kier alpha value is -0.940. The quantitative estimate of drug-likeness (QED) is 0.913. The molecule has 0 radical (unpaired) electrons. The summed E-state index contributed by atoms with van der Waals surface area (Å²) in [4.78, 5) is 14.2. The van der Waals surface area contributed by atoms with Gasteiger partial charge in [-0.2, -0.15) is 4.37 Å². The van der Waals surface area contributed by atoms with Crippen LogP contribution < -0.4 is 0 Å². The van der Waals surface area contributed by atoms with Gasteiger partial charge in [0.05, 0.1) is 11.3 Å². The van der Waals surface area contributed by atoms with Crippen molar-refractivity contribution < 1.29 is 9.90 Å². The van der Waals surface area contributed by atoms with Crippen LogP contribution in [0.2, 0.25) is 0 Å².